The summed E-state index contributed by atoms with van der Waals surface area (Å²) in [7, 11) is 1.21. The molecule has 0 fully saturated rings. The number of rotatable bonds is 3. The van der Waals surface area contributed by atoms with Crippen molar-refractivity contribution in [3.8, 4) is 5.75 Å². The maximum absolute atomic E-state index is 13.5. The van der Waals surface area contributed by atoms with Crippen LogP contribution in [0.2, 0.25) is 0 Å². The van der Waals surface area contributed by atoms with Gasteiger partial charge >= 0.3 is 12.1 Å². The number of halogens is 1. The van der Waals surface area contributed by atoms with Crippen LogP contribution in [0, 0.1) is 5.82 Å². The van der Waals surface area contributed by atoms with Crippen molar-refractivity contribution in [2.24, 2.45) is 0 Å². The Morgan fingerprint density at radius 3 is 2.64 bits per heavy atom. The Bertz CT molecular complexity index is 718. The van der Waals surface area contributed by atoms with Gasteiger partial charge in [-0.3, -0.25) is 5.32 Å². The predicted molar refractivity (Wildman–Crippen MR) is 78.2 cm³/mol. The number of nitrogens with two attached hydrogens (primary N) is 1. The van der Waals surface area contributed by atoms with Gasteiger partial charge in [-0.15, -0.1) is 0 Å². The number of para-hydroxylation sites is 1. The summed E-state index contributed by atoms with van der Waals surface area (Å²) in [6.45, 7) is 0. The third-order valence-corrected chi connectivity index (χ3v) is 2.72. The molecule has 22 heavy (non-hydrogen) atoms. The first-order chi connectivity index (χ1) is 10.5. The minimum absolute atomic E-state index is 0.00355. The van der Waals surface area contributed by atoms with Crippen molar-refractivity contribution in [1.82, 2.24) is 0 Å². The number of benzene rings is 2. The molecule has 6 nitrogen and oxygen atoms in total. The van der Waals surface area contributed by atoms with Crippen LogP contribution in [0.25, 0.3) is 0 Å². The van der Waals surface area contributed by atoms with Crippen molar-refractivity contribution in [2.75, 3.05) is 18.2 Å². The van der Waals surface area contributed by atoms with Gasteiger partial charge in [0.05, 0.1) is 12.8 Å². The number of carbonyl (C=O) groups excluding carboxylic acids is 2. The maximum atomic E-state index is 13.5. The molecule has 0 aliphatic carbocycles. The third-order valence-electron chi connectivity index (χ3n) is 2.72. The van der Waals surface area contributed by atoms with E-state index >= 15 is 0 Å². The van der Waals surface area contributed by atoms with E-state index in [4.69, 9.17) is 10.5 Å². The molecule has 0 radical (unpaired) electrons. The van der Waals surface area contributed by atoms with E-state index < -0.39 is 17.9 Å². The molecule has 0 bridgehead atoms. The van der Waals surface area contributed by atoms with E-state index in [1.165, 1.54) is 31.4 Å². The average molecular weight is 304 g/mol. The summed E-state index contributed by atoms with van der Waals surface area (Å²) >= 11 is 0. The highest BCUT2D eigenvalue weighted by Crippen LogP contribution is 2.21. The quantitative estimate of drug-likeness (QED) is 0.672. The molecule has 7 heteroatoms. The standard InChI is InChI=1S/C15H13FN2O4/c1-21-14(19)10-4-2-3-5-13(10)22-15(20)18-12-8-9(17)6-7-11(12)16/h2-8H,17H2,1H3,(H,18,20). The van der Waals surface area contributed by atoms with Gasteiger partial charge in [-0.25, -0.2) is 14.0 Å². The second-order valence-electron chi connectivity index (χ2n) is 4.24. The molecule has 114 valence electrons. The first-order valence-electron chi connectivity index (χ1n) is 6.22. The number of hydrogen-bond acceptors (Lipinski definition) is 5. The minimum Gasteiger partial charge on any atom is -0.465 e. The van der Waals surface area contributed by atoms with Gasteiger partial charge in [0, 0.05) is 5.69 Å². The monoisotopic (exact) mass is 304 g/mol. The first kappa shape index (κ1) is 15.3. The van der Waals surface area contributed by atoms with Crippen LogP contribution in [0.3, 0.4) is 0 Å². The summed E-state index contributed by atoms with van der Waals surface area (Å²) in [5, 5.41) is 2.22. The number of esters is 1. The molecule has 0 aliphatic rings. The van der Waals surface area contributed by atoms with E-state index in [9.17, 15) is 14.0 Å². The second-order valence-corrected chi connectivity index (χ2v) is 4.24. The molecule has 0 aromatic heterocycles. The van der Waals surface area contributed by atoms with Gasteiger partial charge in [0.2, 0.25) is 0 Å². The Labute approximate surface area is 125 Å². The Morgan fingerprint density at radius 2 is 1.91 bits per heavy atom. The Hall–Kier alpha value is -3.09. The lowest BCUT2D eigenvalue weighted by molar-refractivity contribution is 0.0598. The smallest absolute Gasteiger partial charge is 0.417 e. The zero-order valence-corrected chi connectivity index (χ0v) is 11.6. The first-order valence-corrected chi connectivity index (χ1v) is 6.22. The third kappa shape index (κ3) is 3.51. The molecule has 2 aromatic carbocycles. The number of ether oxygens (including phenoxy) is 2. The van der Waals surface area contributed by atoms with Gasteiger partial charge in [-0.2, -0.15) is 0 Å². The van der Waals surface area contributed by atoms with Gasteiger partial charge in [-0.1, -0.05) is 12.1 Å². The Morgan fingerprint density at radius 1 is 1.18 bits per heavy atom. The maximum Gasteiger partial charge on any atom is 0.417 e. The molecule has 3 N–H and O–H groups in total. The minimum atomic E-state index is -0.958. The molecule has 0 spiro atoms. The lowest BCUT2D eigenvalue weighted by Gasteiger charge is -2.10. The number of carbonyl (C=O) groups is 2. The van der Waals surface area contributed by atoms with Crippen molar-refractivity contribution < 1.29 is 23.5 Å². The molecule has 1 amide bonds. The van der Waals surface area contributed by atoms with Crippen molar-refractivity contribution >= 4 is 23.4 Å². The highest BCUT2D eigenvalue weighted by Gasteiger charge is 2.16. The number of methoxy groups -OCH3 is 1. The van der Waals surface area contributed by atoms with Crippen LogP contribution in [0.15, 0.2) is 42.5 Å². The van der Waals surface area contributed by atoms with Crippen LogP contribution >= 0.6 is 0 Å². The average Bonchev–Trinajstić information content (AvgIpc) is 2.50. The van der Waals surface area contributed by atoms with Crippen LogP contribution in [-0.4, -0.2) is 19.2 Å². The van der Waals surface area contributed by atoms with E-state index in [-0.39, 0.29) is 22.7 Å². The van der Waals surface area contributed by atoms with E-state index in [1.54, 1.807) is 12.1 Å². The highest BCUT2D eigenvalue weighted by molar-refractivity contribution is 5.94. The molecular weight excluding hydrogens is 291 g/mol. The Kier molecular flexibility index (Phi) is 4.57. The molecule has 2 rings (SSSR count). The second kappa shape index (κ2) is 6.57. The highest BCUT2D eigenvalue weighted by atomic mass is 19.1. The predicted octanol–water partition coefficient (Wildman–Crippen LogP) is 2.81. The van der Waals surface area contributed by atoms with Crippen LogP contribution in [0.1, 0.15) is 10.4 Å². The molecule has 0 saturated heterocycles. The summed E-state index contributed by atoms with van der Waals surface area (Å²) in [4.78, 5) is 23.4. The molecular formula is C15H13FN2O4. The summed E-state index contributed by atoms with van der Waals surface area (Å²) in [5.74, 6) is -1.32. The van der Waals surface area contributed by atoms with Gasteiger partial charge in [0.15, 0.2) is 0 Å². The number of nitrogens with one attached hydrogen (secondary N) is 1. The normalized spacial score (nSPS) is 9.91. The topological polar surface area (TPSA) is 90.6 Å². The molecule has 0 atom stereocenters. The van der Waals surface area contributed by atoms with Gasteiger partial charge in [0.1, 0.15) is 17.1 Å². The number of hydrogen-bond donors (Lipinski definition) is 2. The summed E-state index contributed by atoms with van der Waals surface area (Å²) in [6.07, 6.45) is -0.958. The lowest BCUT2D eigenvalue weighted by atomic mass is 10.2. The number of nitrogen functional groups attached to an aromatic ring is 1. The zero-order chi connectivity index (χ0) is 16.1. The van der Waals surface area contributed by atoms with Crippen molar-refractivity contribution in [3.05, 3.63) is 53.8 Å². The number of anilines is 2. The fourth-order valence-corrected chi connectivity index (χ4v) is 1.71. The van der Waals surface area contributed by atoms with E-state index in [1.807, 2.05) is 0 Å². The van der Waals surface area contributed by atoms with Gasteiger partial charge < -0.3 is 15.2 Å². The fourth-order valence-electron chi connectivity index (χ4n) is 1.71. The van der Waals surface area contributed by atoms with Crippen LogP contribution < -0.4 is 15.8 Å². The van der Waals surface area contributed by atoms with Crippen molar-refractivity contribution in [1.29, 1.82) is 0 Å². The van der Waals surface area contributed by atoms with E-state index in [0.29, 0.717) is 0 Å². The zero-order valence-electron chi connectivity index (χ0n) is 11.6. The van der Waals surface area contributed by atoms with Crippen molar-refractivity contribution in [3.63, 3.8) is 0 Å². The Balaban J connectivity index is 2.16. The molecule has 0 aliphatic heterocycles. The fraction of sp³-hybridized carbons (Fsp3) is 0.0667. The molecule has 0 saturated carbocycles. The largest absolute Gasteiger partial charge is 0.465 e. The molecule has 2 aromatic rings. The number of amides is 1. The SMILES string of the molecule is COC(=O)c1ccccc1OC(=O)Nc1cc(N)ccc1F. The van der Waals surface area contributed by atoms with Crippen LogP contribution in [-0.2, 0) is 4.74 Å². The van der Waals surface area contributed by atoms with Gasteiger partial charge in [0.25, 0.3) is 0 Å². The summed E-state index contributed by atoms with van der Waals surface area (Å²) in [6, 6.07) is 9.76. The summed E-state index contributed by atoms with van der Waals surface area (Å²) < 4.78 is 23.1. The van der Waals surface area contributed by atoms with Crippen LogP contribution in [0.4, 0.5) is 20.6 Å². The van der Waals surface area contributed by atoms with Crippen molar-refractivity contribution in [2.45, 2.75) is 0 Å². The van der Waals surface area contributed by atoms with E-state index in [0.717, 1.165) is 6.07 Å². The van der Waals surface area contributed by atoms with Crippen LogP contribution in [0.5, 0.6) is 5.75 Å². The molecule has 0 unspecified atom stereocenters. The van der Waals surface area contributed by atoms with Gasteiger partial charge in [-0.05, 0) is 30.3 Å². The molecule has 0 heterocycles. The lowest BCUT2D eigenvalue weighted by Crippen LogP contribution is -2.19. The summed E-state index contributed by atoms with van der Waals surface area (Å²) in [5.41, 5.74) is 5.75. The van der Waals surface area contributed by atoms with E-state index in [2.05, 4.69) is 10.1 Å².